The third kappa shape index (κ3) is 4.74. The van der Waals surface area contributed by atoms with Crippen LogP contribution in [-0.2, 0) is 14.3 Å². The van der Waals surface area contributed by atoms with Gasteiger partial charge in [-0.2, -0.15) is 0 Å². The van der Waals surface area contributed by atoms with Crippen LogP contribution in [0.3, 0.4) is 0 Å². The zero-order valence-electron chi connectivity index (χ0n) is 19.7. The normalized spacial score (nSPS) is 19.8. The maximum Gasteiger partial charge on any atom is 0.337 e. The van der Waals surface area contributed by atoms with Crippen molar-refractivity contribution in [2.24, 2.45) is 5.41 Å². The number of carbonyl (C=O) groups is 2. The minimum atomic E-state index is -0.540. The van der Waals surface area contributed by atoms with E-state index < -0.39 is 11.9 Å². The molecule has 1 unspecified atom stereocenters. The number of esters is 1. The second-order valence-electron chi connectivity index (χ2n) is 9.08. The van der Waals surface area contributed by atoms with Gasteiger partial charge in [-0.25, -0.2) is 4.79 Å². The molecule has 0 aromatic heterocycles. The number of hydrogen-bond acceptors (Lipinski definition) is 6. The number of methoxy groups -OCH3 is 1. The Labute approximate surface area is 190 Å². The number of ketones is 1. The average molecular weight is 440 g/mol. The number of nitrogens with one attached hydrogen (secondary N) is 1. The lowest BCUT2D eigenvalue weighted by Crippen LogP contribution is -2.38. The van der Waals surface area contributed by atoms with Gasteiger partial charge in [-0.15, -0.1) is 0 Å². The van der Waals surface area contributed by atoms with Gasteiger partial charge >= 0.3 is 5.97 Å². The number of carbonyl (C=O) groups excluding carboxylic acids is 2. The van der Waals surface area contributed by atoms with Gasteiger partial charge in [0.25, 0.3) is 0 Å². The average Bonchev–Trinajstić information content (AvgIpc) is 2.74. The molecule has 1 aliphatic heterocycles. The largest absolute Gasteiger partial charge is 0.493 e. The standard InChI is InChI=1S/C26H33NO5/c1-7-11-31-20-10-9-17(13-21(20)30-6)23-22(25(29)32-12-8-2)16(3)27-18-14-26(4,5)15-19(28)24(18)23/h8-10,13,23,27H,2,7,11-12,14-15H2,1,3-6H3. The molecule has 0 saturated heterocycles. The lowest BCUT2D eigenvalue weighted by molar-refractivity contribution is -0.138. The molecule has 0 amide bonds. The van der Waals surface area contributed by atoms with Gasteiger partial charge in [-0.05, 0) is 42.9 Å². The zero-order valence-corrected chi connectivity index (χ0v) is 19.7. The molecule has 1 aliphatic carbocycles. The van der Waals surface area contributed by atoms with Crippen molar-refractivity contribution in [3.05, 3.63) is 59.0 Å². The third-order valence-electron chi connectivity index (χ3n) is 5.77. The van der Waals surface area contributed by atoms with Gasteiger partial charge in [0, 0.05) is 29.3 Å². The second-order valence-corrected chi connectivity index (χ2v) is 9.08. The van der Waals surface area contributed by atoms with Gasteiger partial charge in [0.2, 0.25) is 0 Å². The molecule has 0 bridgehead atoms. The van der Waals surface area contributed by atoms with Gasteiger partial charge in [0.05, 0.1) is 19.3 Å². The minimum absolute atomic E-state index is 0.0422. The lowest BCUT2D eigenvalue weighted by atomic mass is 9.68. The number of hydrogen-bond donors (Lipinski definition) is 1. The highest BCUT2D eigenvalue weighted by atomic mass is 16.5. The van der Waals surface area contributed by atoms with Crippen molar-refractivity contribution < 1.29 is 23.8 Å². The molecule has 1 atom stereocenters. The van der Waals surface area contributed by atoms with Crippen LogP contribution in [0.4, 0.5) is 0 Å². The van der Waals surface area contributed by atoms with E-state index in [2.05, 4.69) is 25.7 Å². The van der Waals surface area contributed by atoms with Crippen LogP contribution >= 0.6 is 0 Å². The molecular weight excluding hydrogens is 406 g/mol. The molecule has 1 aromatic carbocycles. The van der Waals surface area contributed by atoms with Gasteiger partial charge in [0.1, 0.15) is 6.61 Å². The highest BCUT2D eigenvalue weighted by molar-refractivity contribution is 6.04. The summed E-state index contributed by atoms with van der Waals surface area (Å²) in [4.78, 5) is 26.4. The van der Waals surface area contributed by atoms with Crippen molar-refractivity contribution in [2.45, 2.75) is 52.9 Å². The number of dihydropyridines is 1. The Hall–Kier alpha value is -3.02. The summed E-state index contributed by atoms with van der Waals surface area (Å²) in [5.41, 5.74) is 3.27. The quantitative estimate of drug-likeness (QED) is 0.463. The Kier molecular flexibility index (Phi) is 7.12. The SMILES string of the molecule is C=CCOC(=O)C1=C(C)NC2=C(C(=O)CC(C)(C)C2)C1c1ccc(OCCC)c(OC)c1. The molecular formula is C26H33NO5. The molecule has 2 aliphatic rings. The smallest absolute Gasteiger partial charge is 0.337 e. The van der Waals surface area contributed by atoms with Crippen molar-refractivity contribution in [1.82, 2.24) is 5.32 Å². The maximum atomic E-state index is 13.3. The zero-order chi connectivity index (χ0) is 23.5. The monoisotopic (exact) mass is 439 g/mol. The Morgan fingerprint density at radius 2 is 2.03 bits per heavy atom. The van der Waals surface area contributed by atoms with Crippen LogP contribution in [0.1, 0.15) is 58.4 Å². The van der Waals surface area contributed by atoms with Crippen LogP contribution in [0.15, 0.2) is 53.4 Å². The summed E-state index contributed by atoms with van der Waals surface area (Å²) >= 11 is 0. The highest BCUT2D eigenvalue weighted by Crippen LogP contribution is 2.47. The summed E-state index contributed by atoms with van der Waals surface area (Å²) < 4.78 is 16.8. The van der Waals surface area contributed by atoms with Crippen molar-refractivity contribution in [2.75, 3.05) is 20.3 Å². The summed E-state index contributed by atoms with van der Waals surface area (Å²) in [6.45, 7) is 12.4. The van der Waals surface area contributed by atoms with Gasteiger partial charge in [-0.1, -0.05) is 39.5 Å². The van der Waals surface area contributed by atoms with Crippen LogP contribution < -0.4 is 14.8 Å². The van der Waals surface area contributed by atoms with Crippen LogP contribution in [0.25, 0.3) is 0 Å². The molecule has 3 rings (SSSR count). The number of rotatable bonds is 8. The molecule has 1 heterocycles. The van der Waals surface area contributed by atoms with Gasteiger partial charge in [0.15, 0.2) is 17.3 Å². The van der Waals surface area contributed by atoms with Gasteiger partial charge in [-0.3, -0.25) is 4.79 Å². The summed E-state index contributed by atoms with van der Waals surface area (Å²) in [5, 5.41) is 3.34. The van der Waals surface area contributed by atoms with Gasteiger partial charge < -0.3 is 19.5 Å². The van der Waals surface area contributed by atoms with E-state index in [4.69, 9.17) is 14.2 Å². The van der Waals surface area contributed by atoms with E-state index in [1.165, 1.54) is 6.08 Å². The highest BCUT2D eigenvalue weighted by Gasteiger charge is 2.43. The molecule has 0 spiro atoms. The summed E-state index contributed by atoms with van der Waals surface area (Å²) in [6.07, 6.45) is 3.56. The molecule has 6 heteroatoms. The van der Waals surface area contributed by atoms with Crippen molar-refractivity contribution >= 4 is 11.8 Å². The van der Waals surface area contributed by atoms with E-state index >= 15 is 0 Å². The molecule has 172 valence electrons. The Balaban J connectivity index is 2.14. The van der Waals surface area contributed by atoms with E-state index in [1.807, 2.05) is 32.0 Å². The molecule has 0 fully saturated rings. The first-order valence-electron chi connectivity index (χ1n) is 11.0. The van der Waals surface area contributed by atoms with E-state index in [-0.39, 0.29) is 17.8 Å². The first-order chi connectivity index (χ1) is 15.2. The van der Waals surface area contributed by atoms with Crippen molar-refractivity contribution in [3.8, 4) is 11.5 Å². The third-order valence-corrected chi connectivity index (χ3v) is 5.77. The fourth-order valence-electron chi connectivity index (χ4n) is 4.45. The number of Topliss-reactive ketones (excluding diaryl/α,β-unsaturated/α-hetero) is 1. The Morgan fingerprint density at radius 1 is 1.28 bits per heavy atom. The fourth-order valence-corrected chi connectivity index (χ4v) is 4.45. The lowest BCUT2D eigenvalue weighted by Gasteiger charge is -2.39. The Morgan fingerprint density at radius 3 is 2.69 bits per heavy atom. The maximum absolute atomic E-state index is 13.3. The van der Waals surface area contributed by atoms with Crippen LogP contribution in [-0.4, -0.2) is 32.1 Å². The predicted octanol–water partition coefficient (Wildman–Crippen LogP) is 4.82. The number of ether oxygens (including phenoxy) is 3. The summed E-state index contributed by atoms with van der Waals surface area (Å²) in [7, 11) is 1.58. The molecule has 6 nitrogen and oxygen atoms in total. The molecule has 32 heavy (non-hydrogen) atoms. The number of allylic oxidation sites excluding steroid dienone is 3. The van der Waals surface area contributed by atoms with Crippen LogP contribution in [0.5, 0.6) is 11.5 Å². The van der Waals surface area contributed by atoms with Crippen molar-refractivity contribution in [1.29, 1.82) is 0 Å². The Bertz CT molecular complexity index is 986. The van der Waals surface area contributed by atoms with E-state index in [1.54, 1.807) is 7.11 Å². The first-order valence-corrected chi connectivity index (χ1v) is 11.0. The summed E-state index contributed by atoms with van der Waals surface area (Å²) in [5.74, 6) is 0.238. The first kappa shape index (κ1) is 23.6. The topological polar surface area (TPSA) is 73.9 Å². The van der Waals surface area contributed by atoms with E-state index in [0.29, 0.717) is 41.4 Å². The minimum Gasteiger partial charge on any atom is -0.493 e. The fraction of sp³-hybridized carbons (Fsp3) is 0.462. The summed E-state index contributed by atoms with van der Waals surface area (Å²) in [6, 6.07) is 5.59. The molecule has 0 radical (unpaired) electrons. The molecule has 1 aromatic rings. The number of benzene rings is 1. The molecule has 1 N–H and O–H groups in total. The van der Waals surface area contributed by atoms with Crippen LogP contribution in [0.2, 0.25) is 0 Å². The molecule has 0 saturated carbocycles. The second kappa shape index (κ2) is 9.63. The van der Waals surface area contributed by atoms with E-state index in [9.17, 15) is 9.59 Å². The predicted molar refractivity (Wildman–Crippen MR) is 124 cm³/mol. The van der Waals surface area contributed by atoms with Crippen molar-refractivity contribution in [3.63, 3.8) is 0 Å². The van der Waals surface area contributed by atoms with Crippen LogP contribution in [0, 0.1) is 5.41 Å². The van der Waals surface area contributed by atoms with E-state index in [0.717, 1.165) is 24.1 Å².